The molecule has 10 heavy (non-hydrogen) atoms. The second-order valence-electron chi connectivity index (χ2n) is 2.37. The number of benzene rings is 1. The monoisotopic (exact) mass is 154 g/mol. The highest BCUT2D eigenvalue weighted by Crippen LogP contribution is 2.26. The summed E-state index contributed by atoms with van der Waals surface area (Å²) in [7, 11) is 0. The predicted molar refractivity (Wildman–Crippen MR) is 39.9 cm³/mol. The summed E-state index contributed by atoms with van der Waals surface area (Å²) in [6, 6.07) is 5.90. The molecule has 2 heteroatoms. The third-order valence-electron chi connectivity index (χ3n) is 1.72. The minimum absolute atomic E-state index is 0.676. The lowest BCUT2D eigenvalue weighted by atomic mass is 10.1. The summed E-state index contributed by atoms with van der Waals surface area (Å²) in [6.45, 7) is 1.39. The Morgan fingerprint density at radius 1 is 1.30 bits per heavy atom. The maximum Gasteiger partial charge on any atom is 0.0739 e. The Labute approximate surface area is 64.6 Å². The normalized spacial score (nSPS) is 15.3. The van der Waals surface area contributed by atoms with Gasteiger partial charge in [-0.15, -0.1) is 0 Å². The van der Waals surface area contributed by atoms with E-state index >= 15 is 0 Å². The minimum Gasteiger partial charge on any atom is -0.372 e. The molecule has 0 amide bonds. The molecule has 0 saturated heterocycles. The van der Waals surface area contributed by atoms with Crippen molar-refractivity contribution >= 4 is 11.6 Å². The molecular formula is C8H7ClO. The van der Waals surface area contributed by atoms with Crippen molar-refractivity contribution in [2.24, 2.45) is 0 Å². The summed E-state index contributed by atoms with van der Waals surface area (Å²) in [5.74, 6) is 0. The third-order valence-corrected chi connectivity index (χ3v) is 2.07. The number of hydrogen-bond donors (Lipinski definition) is 0. The molecule has 52 valence electrons. The lowest BCUT2D eigenvalue weighted by Crippen LogP contribution is -1.80. The fourth-order valence-corrected chi connectivity index (χ4v) is 1.41. The van der Waals surface area contributed by atoms with Gasteiger partial charge in [0.25, 0.3) is 0 Å². The smallest absolute Gasteiger partial charge is 0.0739 e. The van der Waals surface area contributed by atoms with Gasteiger partial charge in [0, 0.05) is 10.6 Å². The molecule has 0 bridgehead atoms. The first-order chi connectivity index (χ1) is 4.88. The number of fused-ring (bicyclic) bond motifs is 1. The molecule has 2 rings (SSSR count). The van der Waals surface area contributed by atoms with Gasteiger partial charge in [0.1, 0.15) is 0 Å². The van der Waals surface area contributed by atoms with Gasteiger partial charge in [0.15, 0.2) is 0 Å². The zero-order valence-corrected chi connectivity index (χ0v) is 6.19. The van der Waals surface area contributed by atoms with E-state index in [1.807, 2.05) is 18.2 Å². The zero-order chi connectivity index (χ0) is 6.97. The number of ether oxygens (including phenoxy) is 1. The van der Waals surface area contributed by atoms with Crippen LogP contribution in [-0.2, 0) is 18.0 Å². The quantitative estimate of drug-likeness (QED) is 0.558. The van der Waals surface area contributed by atoms with Gasteiger partial charge in [-0.25, -0.2) is 0 Å². The van der Waals surface area contributed by atoms with Gasteiger partial charge in [-0.05, 0) is 11.6 Å². The molecule has 0 N–H and O–H groups in total. The van der Waals surface area contributed by atoms with E-state index in [2.05, 4.69) is 0 Å². The highest BCUT2D eigenvalue weighted by molar-refractivity contribution is 6.31. The Kier molecular flexibility index (Phi) is 1.40. The first-order valence-corrected chi connectivity index (χ1v) is 3.60. The van der Waals surface area contributed by atoms with Gasteiger partial charge < -0.3 is 4.74 Å². The van der Waals surface area contributed by atoms with Crippen LogP contribution < -0.4 is 0 Å². The largest absolute Gasteiger partial charge is 0.372 e. The van der Waals surface area contributed by atoms with Gasteiger partial charge >= 0.3 is 0 Å². The molecule has 0 aromatic heterocycles. The van der Waals surface area contributed by atoms with E-state index in [-0.39, 0.29) is 0 Å². The van der Waals surface area contributed by atoms with Crippen molar-refractivity contribution in [2.45, 2.75) is 13.2 Å². The van der Waals surface area contributed by atoms with Crippen molar-refractivity contribution in [3.8, 4) is 0 Å². The minimum atomic E-state index is 0.676. The topological polar surface area (TPSA) is 9.23 Å². The van der Waals surface area contributed by atoms with Crippen molar-refractivity contribution < 1.29 is 4.74 Å². The molecule has 0 fully saturated rings. The summed E-state index contributed by atoms with van der Waals surface area (Å²) >= 11 is 5.89. The van der Waals surface area contributed by atoms with E-state index < -0.39 is 0 Å². The van der Waals surface area contributed by atoms with Gasteiger partial charge in [-0.3, -0.25) is 0 Å². The molecule has 0 radical (unpaired) electrons. The number of hydrogen-bond acceptors (Lipinski definition) is 1. The number of rotatable bonds is 0. The van der Waals surface area contributed by atoms with Crippen molar-refractivity contribution in [1.29, 1.82) is 0 Å². The van der Waals surface area contributed by atoms with Crippen LogP contribution >= 0.6 is 11.6 Å². The predicted octanol–water partition coefficient (Wildman–Crippen LogP) is 2.37. The molecular weight excluding hydrogens is 148 g/mol. The Morgan fingerprint density at radius 2 is 2.20 bits per heavy atom. The lowest BCUT2D eigenvalue weighted by Gasteiger charge is -1.96. The zero-order valence-electron chi connectivity index (χ0n) is 5.43. The third kappa shape index (κ3) is 0.825. The van der Waals surface area contributed by atoms with Gasteiger partial charge in [-0.1, -0.05) is 23.7 Å². The van der Waals surface area contributed by atoms with E-state index in [9.17, 15) is 0 Å². The summed E-state index contributed by atoms with van der Waals surface area (Å²) in [6.07, 6.45) is 0. The summed E-state index contributed by atoms with van der Waals surface area (Å²) in [4.78, 5) is 0. The molecule has 0 aliphatic carbocycles. The summed E-state index contributed by atoms with van der Waals surface area (Å²) < 4.78 is 5.21. The van der Waals surface area contributed by atoms with Gasteiger partial charge in [0.05, 0.1) is 13.2 Å². The maximum absolute atomic E-state index is 5.89. The molecule has 1 aliphatic rings. The number of halogens is 1. The van der Waals surface area contributed by atoms with E-state index in [0.717, 1.165) is 17.2 Å². The maximum atomic E-state index is 5.89. The van der Waals surface area contributed by atoms with Crippen LogP contribution in [0.5, 0.6) is 0 Å². The van der Waals surface area contributed by atoms with Gasteiger partial charge in [-0.2, -0.15) is 0 Å². The van der Waals surface area contributed by atoms with Crippen molar-refractivity contribution in [1.82, 2.24) is 0 Å². The van der Waals surface area contributed by atoms with E-state index in [1.165, 1.54) is 5.56 Å². The standard InChI is InChI=1S/C8H7ClO/c9-8-3-1-2-6-4-10-5-7(6)8/h1-3H,4-5H2. The lowest BCUT2D eigenvalue weighted by molar-refractivity contribution is 0.134. The van der Waals surface area contributed by atoms with Crippen LogP contribution in [0.4, 0.5) is 0 Å². The molecule has 1 aromatic carbocycles. The second kappa shape index (κ2) is 2.26. The van der Waals surface area contributed by atoms with E-state index in [4.69, 9.17) is 16.3 Å². The van der Waals surface area contributed by atoms with Crippen LogP contribution in [-0.4, -0.2) is 0 Å². The molecule has 1 aromatic rings. The average Bonchev–Trinajstić information content (AvgIpc) is 2.36. The van der Waals surface area contributed by atoms with Crippen LogP contribution in [0.2, 0.25) is 5.02 Å². The first-order valence-electron chi connectivity index (χ1n) is 3.22. The first kappa shape index (κ1) is 6.20. The fraction of sp³-hybridized carbons (Fsp3) is 0.250. The Morgan fingerprint density at radius 3 is 3.00 bits per heavy atom. The van der Waals surface area contributed by atoms with E-state index in [1.54, 1.807) is 0 Å². The molecule has 0 spiro atoms. The Balaban J connectivity index is 2.59. The van der Waals surface area contributed by atoms with Crippen molar-refractivity contribution in [2.75, 3.05) is 0 Å². The molecule has 0 unspecified atom stereocenters. The second-order valence-corrected chi connectivity index (χ2v) is 2.78. The molecule has 0 atom stereocenters. The SMILES string of the molecule is Clc1cccc2c1COC2. The van der Waals surface area contributed by atoms with Crippen LogP contribution in [0.25, 0.3) is 0 Å². The summed E-state index contributed by atoms with van der Waals surface area (Å²) in [5, 5.41) is 0.829. The fourth-order valence-electron chi connectivity index (χ4n) is 1.16. The molecule has 1 aliphatic heterocycles. The Bertz CT molecular complexity index is 257. The van der Waals surface area contributed by atoms with Gasteiger partial charge in [0.2, 0.25) is 0 Å². The van der Waals surface area contributed by atoms with Crippen LogP contribution in [0, 0.1) is 0 Å². The van der Waals surface area contributed by atoms with Crippen LogP contribution in [0.3, 0.4) is 0 Å². The molecule has 1 nitrogen and oxygen atoms in total. The molecule has 1 heterocycles. The average molecular weight is 155 g/mol. The van der Waals surface area contributed by atoms with Crippen molar-refractivity contribution in [3.63, 3.8) is 0 Å². The van der Waals surface area contributed by atoms with E-state index in [0.29, 0.717) is 6.61 Å². The highest BCUT2D eigenvalue weighted by atomic mass is 35.5. The summed E-state index contributed by atoms with van der Waals surface area (Å²) in [5.41, 5.74) is 2.39. The Hall–Kier alpha value is -0.530. The molecule has 0 saturated carbocycles. The van der Waals surface area contributed by atoms with Crippen molar-refractivity contribution in [3.05, 3.63) is 34.3 Å². The highest BCUT2D eigenvalue weighted by Gasteiger charge is 2.12. The van der Waals surface area contributed by atoms with Crippen LogP contribution in [0.1, 0.15) is 11.1 Å². The van der Waals surface area contributed by atoms with Crippen LogP contribution in [0.15, 0.2) is 18.2 Å².